The summed E-state index contributed by atoms with van der Waals surface area (Å²) >= 11 is 0. The number of carbonyl (C=O) groups is 1. The molecule has 0 bridgehead atoms. The van der Waals surface area contributed by atoms with E-state index in [9.17, 15) is 4.79 Å². The number of hydrogen-bond acceptors (Lipinski definition) is 3. The molecular weight excluding hydrogens is 298 g/mol. The van der Waals surface area contributed by atoms with E-state index < -0.39 is 0 Å². The molecule has 0 radical (unpaired) electrons. The van der Waals surface area contributed by atoms with E-state index in [1.807, 2.05) is 0 Å². The summed E-state index contributed by atoms with van der Waals surface area (Å²) in [6.45, 7) is 7.10. The first-order valence-corrected chi connectivity index (χ1v) is 9.53. The molecule has 1 saturated heterocycles. The summed E-state index contributed by atoms with van der Waals surface area (Å²) in [7, 11) is 0. The molecule has 0 aromatic heterocycles. The molecule has 4 heteroatoms. The maximum Gasteiger partial charge on any atom is 0.237 e. The summed E-state index contributed by atoms with van der Waals surface area (Å²) < 4.78 is 0. The predicted molar refractivity (Wildman–Crippen MR) is 97.8 cm³/mol. The van der Waals surface area contributed by atoms with Gasteiger partial charge in [-0.05, 0) is 25.3 Å². The summed E-state index contributed by atoms with van der Waals surface area (Å²) in [5.41, 5.74) is 1.37. The molecule has 4 nitrogen and oxygen atoms in total. The first kappa shape index (κ1) is 17.4. The van der Waals surface area contributed by atoms with Crippen molar-refractivity contribution in [2.24, 2.45) is 0 Å². The van der Waals surface area contributed by atoms with Crippen LogP contribution in [0.5, 0.6) is 0 Å². The van der Waals surface area contributed by atoms with Crippen molar-refractivity contribution in [1.82, 2.24) is 15.1 Å². The molecule has 2 aliphatic rings. The average Bonchev–Trinajstić information content (AvgIpc) is 2.63. The maximum atomic E-state index is 12.5. The smallest absolute Gasteiger partial charge is 0.237 e. The molecule has 1 aliphatic heterocycles. The lowest BCUT2D eigenvalue weighted by Gasteiger charge is -2.38. The number of benzene rings is 1. The van der Waals surface area contributed by atoms with E-state index >= 15 is 0 Å². The lowest BCUT2D eigenvalue weighted by Crippen LogP contribution is -2.54. The zero-order valence-corrected chi connectivity index (χ0v) is 14.9. The van der Waals surface area contributed by atoms with Gasteiger partial charge in [0.25, 0.3) is 0 Å². The summed E-state index contributed by atoms with van der Waals surface area (Å²) in [4.78, 5) is 17.3. The van der Waals surface area contributed by atoms with Gasteiger partial charge in [-0.25, -0.2) is 0 Å². The van der Waals surface area contributed by atoms with Crippen LogP contribution >= 0.6 is 0 Å². The Morgan fingerprint density at radius 1 is 1.08 bits per heavy atom. The molecule has 2 fully saturated rings. The van der Waals surface area contributed by atoms with Crippen molar-refractivity contribution in [3.8, 4) is 0 Å². The van der Waals surface area contributed by atoms with Crippen LogP contribution in [0.15, 0.2) is 30.3 Å². The second kappa shape index (κ2) is 8.63. The van der Waals surface area contributed by atoms with Crippen LogP contribution in [0.4, 0.5) is 0 Å². The van der Waals surface area contributed by atoms with Crippen LogP contribution in [0.1, 0.15) is 44.6 Å². The summed E-state index contributed by atoms with van der Waals surface area (Å²) in [6, 6.07) is 11.0. The van der Waals surface area contributed by atoms with E-state index in [4.69, 9.17) is 0 Å². The number of hydrogen-bond donors (Lipinski definition) is 1. The third-order valence-electron chi connectivity index (χ3n) is 5.53. The number of piperazine rings is 1. The molecule has 1 atom stereocenters. The summed E-state index contributed by atoms with van der Waals surface area (Å²) in [6.07, 6.45) is 6.16. The third-order valence-corrected chi connectivity index (χ3v) is 5.53. The number of rotatable bonds is 5. The molecule has 0 spiro atoms. The molecule has 1 N–H and O–H groups in total. The fourth-order valence-corrected chi connectivity index (χ4v) is 3.88. The number of nitrogens with one attached hydrogen (secondary N) is 1. The molecule has 1 aromatic carbocycles. The molecule has 1 heterocycles. The molecule has 24 heavy (non-hydrogen) atoms. The Balaban J connectivity index is 1.42. The molecule has 1 saturated carbocycles. The minimum Gasteiger partial charge on any atom is -0.352 e. The van der Waals surface area contributed by atoms with Crippen LogP contribution in [0, 0.1) is 0 Å². The van der Waals surface area contributed by atoms with Crippen molar-refractivity contribution in [3.63, 3.8) is 0 Å². The van der Waals surface area contributed by atoms with Crippen LogP contribution in [0.3, 0.4) is 0 Å². The second-order valence-corrected chi connectivity index (χ2v) is 7.32. The second-order valence-electron chi connectivity index (χ2n) is 7.32. The highest BCUT2D eigenvalue weighted by Crippen LogP contribution is 2.18. The van der Waals surface area contributed by atoms with E-state index in [1.54, 1.807) is 0 Å². The Labute approximate surface area is 146 Å². The minimum atomic E-state index is -0.00852. The van der Waals surface area contributed by atoms with Gasteiger partial charge in [0.2, 0.25) is 5.91 Å². The van der Waals surface area contributed by atoms with Gasteiger partial charge < -0.3 is 5.32 Å². The molecule has 132 valence electrons. The highest BCUT2D eigenvalue weighted by Gasteiger charge is 2.27. The minimum absolute atomic E-state index is 0.00852. The van der Waals surface area contributed by atoms with Gasteiger partial charge in [0.1, 0.15) is 0 Å². The van der Waals surface area contributed by atoms with E-state index in [0.717, 1.165) is 45.6 Å². The van der Waals surface area contributed by atoms with Gasteiger partial charge in [-0.2, -0.15) is 0 Å². The Morgan fingerprint density at radius 3 is 2.42 bits per heavy atom. The molecular formula is C20H31N3O. The Kier molecular flexibility index (Phi) is 6.27. The number of amides is 1. The Hall–Kier alpha value is -1.39. The van der Waals surface area contributed by atoms with E-state index in [-0.39, 0.29) is 11.9 Å². The van der Waals surface area contributed by atoms with Crippen LogP contribution in [-0.2, 0) is 11.3 Å². The fourth-order valence-electron chi connectivity index (χ4n) is 3.88. The van der Waals surface area contributed by atoms with Crippen LogP contribution in [-0.4, -0.2) is 54.0 Å². The molecule has 1 amide bonds. The Bertz CT molecular complexity index is 505. The average molecular weight is 329 g/mol. The summed E-state index contributed by atoms with van der Waals surface area (Å²) in [5.74, 6) is 0.221. The maximum absolute atomic E-state index is 12.5. The monoisotopic (exact) mass is 329 g/mol. The third kappa shape index (κ3) is 4.81. The molecule has 3 rings (SSSR count). The quantitative estimate of drug-likeness (QED) is 0.902. The van der Waals surface area contributed by atoms with Crippen molar-refractivity contribution in [1.29, 1.82) is 0 Å². The molecule has 1 aliphatic carbocycles. The number of carbonyl (C=O) groups excluding carboxylic acids is 1. The highest BCUT2D eigenvalue weighted by molar-refractivity contribution is 5.81. The van der Waals surface area contributed by atoms with Crippen molar-refractivity contribution >= 4 is 5.91 Å². The lowest BCUT2D eigenvalue weighted by atomic mass is 9.95. The van der Waals surface area contributed by atoms with E-state index in [2.05, 4.69) is 52.4 Å². The largest absolute Gasteiger partial charge is 0.352 e. The predicted octanol–water partition coefficient (Wildman–Crippen LogP) is 2.64. The van der Waals surface area contributed by atoms with Gasteiger partial charge in [0, 0.05) is 38.8 Å². The lowest BCUT2D eigenvalue weighted by molar-refractivity contribution is -0.127. The number of nitrogens with zero attached hydrogens (tertiary/aromatic N) is 2. The first-order chi connectivity index (χ1) is 11.7. The zero-order chi connectivity index (χ0) is 16.8. The van der Waals surface area contributed by atoms with Gasteiger partial charge in [0.15, 0.2) is 0 Å². The van der Waals surface area contributed by atoms with Gasteiger partial charge >= 0.3 is 0 Å². The van der Waals surface area contributed by atoms with Crippen LogP contribution < -0.4 is 5.32 Å². The van der Waals surface area contributed by atoms with Gasteiger partial charge in [-0.15, -0.1) is 0 Å². The highest BCUT2D eigenvalue weighted by atomic mass is 16.2. The zero-order valence-electron chi connectivity index (χ0n) is 14.9. The Morgan fingerprint density at radius 2 is 1.75 bits per heavy atom. The first-order valence-electron chi connectivity index (χ1n) is 9.53. The van der Waals surface area contributed by atoms with Crippen molar-refractivity contribution in [2.75, 3.05) is 26.2 Å². The van der Waals surface area contributed by atoms with Gasteiger partial charge in [-0.1, -0.05) is 49.6 Å². The molecule has 0 unspecified atom stereocenters. The van der Waals surface area contributed by atoms with Crippen LogP contribution in [0.25, 0.3) is 0 Å². The topological polar surface area (TPSA) is 35.6 Å². The standard InChI is InChI=1S/C20H31N3O/c1-17(20(24)21-19-10-6-3-7-11-19)23-14-12-22(13-15-23)16-18-8-4-2-5-9-18/h2,4-5,8-9,17,19H,3,6-7,10-16H2,1H3,(H,21,24)/t17-/m1/s1. The van der Waals surface area contributed by atoms with Crippen molar-refractivity contribution < 1.29 is 4.79 Å². The van der Waals surface area contributed by atoms with Gasteiger partial charge in [0.05, 0.1) is 6.04 Å². The van der Waals surface area contributed by atoms with E-state index in [1.165, 1.54) is 24.8 Å². The summed E-state index contributed by atoms with van der Waals surface area (Å²) in [5, 5.41) is 3.27. The van der Waals surface area contributed by atoms with Crippen molar-refractivity contribution in [2.45, 2.75) is 57.7 Å². The molecule has 1 aromatic rings. The van der Waals surface area contributed by atoms with Crippen molar-refractivity contribution in [3.05, 3.63) is 35.9 Å². The van der Waals surface area contributed by atoms with Crippen LogP contribution in [0.2, 0.25) is 0 Å². The normalized spacial score (nSPS) is 22.2. The SMILES string of the molecule is C[C@H](C(=O)NC1CCCCC1)N1CCN(Cc2ccccc2)CC1. The van der Waals surface area contributed by atoms with Gasteiger partial charge in [-0.3, -0.25) is 14.6 Å². The fraction of sp³-hybridized carbons (Fsp3) is 0.650. The van der Waals surface area contributed by atoms with E-state index in [0.29, 0.717) is 6.04 Å².